The number of rotatable bonds is 4. The Kier molecular flexibility index (Phi) is 4.35. The number of hydrogen-bond acceptors (Lipinski definition) is 3. The molecule has 5 nitrogen and oxygen atoms in total. The molecule has 112 valence electrons. The zero-order valence-electron chi connectivity index (χ0n) is 12.4. The lowest BCUT2D eigenvalue weighted by molar-refractivity contribution is 0.0886. The van der Waals surface area contributed by atoms with Crippen LogP contribution < -0.4 is 5.32 Å². The number of carbonyl (C=O) groups excluding carboxylic acids is 1. The van der Waals surface area contributed by atoms with Crippen molar-refractivity contribution in [3.05, 3.63) is 48.6 Å². The molecule has 0 aromatic carbocycles. The zero-order chi connectivity index (χ0) is 15.5. The predicted molar refractivity (Wildman–Crippen MR) is 77.1 cm³/mol. The van der Waals surface area contributed by atoms with E-state index in [4.69, 9.17) is 0 Å². The van der Waals surface area contributed by atoms with Gasteiger partial charge in [-0.1, -0.05) is 26.8 Å². The highest BCUT2D eigenvalue weighted by molar-refractivity contribution is 5.92. The molecule has 2 aromatic rings. The topological polar surface area (TPSA) is 59.8 Å². The molecule has 0 aliphatic carbocycles. The second-order valence-electron chi connectivity index (χ2n) is 6.00. The van der Waals surface area contributed by atoms with Gasteiger partial charge in [-0.3, -0.25) is 4.79 Å². The van der Waals surface area contributed by atoms with E-state index in [9.17, 15) is 9.18 Å². The van der Waals surface area contributed by atoms with Crippen LogP contribution in [0.5, 0.6) is 0 Å². The normalized spacial score (nSPS) is 13.0. The van der Waals surface area contributed by atoms with Crippen LogP contribution in [-0.4, -0.2) is 26.5 Å². The second kappa shape index (κ2) is 6.03. The molecule has 0 spiro atoms. The molecule has 2 rings (SSSR count). The fourth-order valence-electron chi connectivity index (χ4n) is 1.91. The molecule has 1 amide bonds. The monoisotopic (exact) mass is 290 g/mol. The number of nitrogens with one attached hydrogen (secondary N) is 1. The predicted octanol–water partition coefficient (Wildman–Crippen LogP) is 2.26. The molecule has 0 saturated carbocycles. The van der Waals surface area contributed by atoms with E-state index in [0.717, 1.165) is 0 Å². The average molecular weight is 290 g/mol. The van der Waals surface area contributed by atoms with E-state index in [1.165, 1.54) is 18.2 Å². The Morgan fingerprint density at radius 3 is 2.76 bits per heavy atom. The number of aromatic nitrogens is 3. The minimum absolute atomic E-state index is 0.0786. The lowest BCUT2D eigenvalue weighted by atomic mass is 9.86. The van der Waals surface area contributed by atoms with Gasteiger partial charge in [0.15, 0.2) is 0 Å². The van der Waals surface area contributed by atoms with E-state index < -0.39 is 5.95 Å². The highest BCUT2D eigenvalue weighted by Crippen LogP contribution is 2.21. The summed E-state index contributed by atoms with van der Waals surface area (Å²) < 4.78 is 15.0. The molecule has 1 atom stereocenters. The van der Waals surface area contributed by atoms with Gasteiger partial charge in [0.1, 0.15) is 5.69 Å². The first-order valence-electron chi connectivity index (χ1n) is 6.75. The van der Waals surface area contributed by atoms with Gasteiger partial charge in [-0.25, -0.2) is 9.97 Å². The van der Waals surface area contributed by atoms with Crippen LogP contribution in [0.3, 0.4) is 0 Å². The van der Waals surface area contributed by atoms with Crippen LogP contribution in [0, 0.1) is 11.4 Å². The Bertz CT molecular complexity index is 604. The van der Waals surface area contributed by atoms with Gasteiger partial charge in [0.05, 0.1) is 12.4 Å². The van der Waals surface area contributed by atoms with Crippen LogP contribution in [0.4, 0.5) is 4.39 Å². The third-order valence-corrected chi connectivity index (χ3v) is 3.25. The van der Waals surface area contributed by atoms with Crippen LogP contribution in [0.1, 0.15) is 31.3 Å². The minimum Gasteiger partial charge on any atom is -0.346 e. The molecular formula is C15H19FN4O. The Balaban J connectivity index is 2.13. The van der Waals surface area contributed by atoms with Gasteiger partial charge in [0.25, 0.3) is 5.91 Å². The molecule has 0 aliphatic heterocycles. The number of carbonyl (C=O) groups is 1. The number of nitrogens with zero attached hydrogens (tertiary/aromatic N) is 3. The maximum absolute atomic E-state index is 13.1. The van der Waals surface area contributed by atoms with Crippen LogP contribution in [0.15, 0.2) is 36.9 Å². The Morgan fingerprint density at radius 1 is 1.43 bits per heavy atom. The highest BCUT2D eigenvalue weighted by atomic mass is 19.1. The average Bonchev–Trinajstić information content (AvgIpc) is 2.89. The molecule has 0 aliphatic rings. The molecule has 6 heteroatoms. The first-order valence-corrected chi connectivity index (χ1v) is 6.75. The molecule has 1 N–H and O–H groups in total. The van der Waals surface area contributed by atoms with Crippen LogP contribution in [0.25, 0.3) is 0 Å². The fraction of sp³-hybridized carbons (Fsp3) is 0.400. The van der Waals surface area contributed by atoms with Gasteiger partial charge in [-0.05, 0) is 17.5 Å². The van der Waals surface area contributed by atoms with Crippen molar-refractivity contribution >= 4 is 5.91 Å². The Morgan fingerprint density at radius 2 is 2.19 bits per heavy atom. The Hall–Kier alpha value is -2.24. The lowest BCUT2D eigenvalue weighted by Crippen LogP contribution is -2.46. The fourth-order valence-corrected chi connectivity index (χ4v) is 1.91. The SMILES string of the molecule is CC(C)(C)C(Cn1ccnc1)NC(=O)c1cccc(F)n1. The molecular weight excluding hydrogens is 271 g/mol. The molecule has 2 heterocycles. The third kappa shape index (κ3) is 4.11. The summed E-state index contributed by atoms with van der Waals surface area (Å²) in [5.74, 6) is -1.04. The summed E-state index contributed by atoms with van der Waals surface area (Å²) in [5, 5.41) is 2.92. The summed E-state index contributed by atoms with van der Waals surface area (Å²) in [5.41, 5.74) is -0.0809. The van der Waals surface area contributed by atoms with Gasteiger partial charge in [0, 0.05) is 18.9 Å². The smallest absolute Gasteiger partial charge is 0.270 e. The molecule has 1 unspecified atom stereocenters. The Labute approximate surface area is 123 Å². The first-order chi connectivity index (χ1) is 9.86. The van der Waals surface area contributed by atoms with Gasteiger partial charge in [-0.2, -0.15) is 4.39 Å². The number of pyridine rings is 1. The maximum Gasteiger partial charge on any atom is 0.270 e. The molecule has 2 aromatic heterocycles. The summed E-state index contributed by atoms with van der Waals surface area (Å²) >= 11 is 0. The van der Waals surface area contributed by atoms with Crippen molar-refractivity contribution in [3.63, 3.8) is 0 Å². The van der Waals surface area contributed by atoms with Crippen molar-refractivity contribution in [1.29, 1.82) is 0 Å². The number of imidazole rings is 1. The van der Waals surface area contributed by atoms with Crippen molar-refractivity contribution in [3.8, 4) is 0 Å². The lowest BCUT2D eigenvalue weighted by Gasteiger charge is -2.31. The summed E-state index contributed by atoms with van der Waals surface area (Å²) in [6.45, 7) is 6.69. The minimum atomic E-state index is -0.662. The van der Waals surface area contributed by atoms with E-state index in [-0.39, 0.29) is 23.1 Å². The zero-order valence-corrected chi connectivity index (χ0v) is 12.4. The van der Waals surface area contributed by atoms with Gasteiger partial charge < -0.3 is 9.88 Å². The molecule has 0 radical (unpaired) electrons. The summed E-state index contributed by atoms with van der Waals surface area (Å²) in [6.07, 6.45) is 5.23. The summed E-state index contributed by atoms with van der Waals surface area (Å²) in [7, 11) is 0. The maximum atomic E-state index is 13.1. The van der Waals surface area contributed by atoms with E-state index in [2.05, 4.69) is 15.3 Å². The highest BCUT2D eigenvalue weighted by Gasteiger charge is 2.27. The van der Waals surface area contributed by atoms with Gasteiger partial charge in [0.2, 0.25) is 5.95 Å². The third-order valence-electron chi connectivity index (χ3n) is 3.25. The molecule has 0 bridgehead atoms. The van der Waals surface area contributed by atoms with Crippen LogP contribution in [-0.2, 0) is 6.54 Å². The standard InChI is InChI=1S/C15H19FN4O/c1-15(2,3)12(9-20-8-7-17-10-20)19-14(21)11-5-4-6-13(16)18-11/h4-8,10,12H,9H2,1-3H3,(H,19,21). The van der Waals surface area contributed by atoms with Crippen molar-refractivity contribution in [2.45, 2.75) is 33.4 Å². The van der Waals surface area contributed by atoms with Crippen LogP contribution >= 0.6 is 0 Å². The van der Waals surface area contributed by atoms with E-state index in [1.54, 1.807) is 12.5 Å². The van der Waals surface area contributed by atoms with Crippen molar-refractivity contribution in [1.82, 2.24) is 19.9 Å². The number of halogens is 1. The van der Waals surface area contributed by atoms with Crippen molar-refractivity contribution in [2.24, 2.45) is 5.41 Å². The second-order valence-corrected chi connectivity index (χ2v) is 6.00. The molecule has 0 saturated heterocycles. The first kappa shape index (κ1) is 15.2. The van der Waals surface area contributed by atoms with E-state index >= 15 is 0 Å². The van der Waals surface area contributed by atoms with E-state index in [1.807, 2.05) is 31.5 Å². The number of amides is 1. The number of hydrogen-bond donors (Lipinski definition) is 1. The summed E-state index contributed by atoms with van der Waals surface area (Å²) in [6, 6.07) is 4.04. The summed E-state index contributed by atoms with van der Waals surface area (Å²) in [4.78, 5) is 19.8. The van der Waals surface area contributed by atoms with Gasteiger partial charge >= 0.3 is 0 Å². The van der Waals surface area contributed by atoms with Crippen LogP contribution in [0.2, 0.25) is 0 Å². The quantitative estimate of drug-likeness (QED) is 0.879. The van der Waals surface area contributed by atoms with Crippen molar-refractivity contribution < 1.29 is 9.18 Å². The van der Waals surface area contributed by atoms with E-state index in [0.29, 0.717) is 6.54 Å². The van der Waals surface area contributed by atoms with Gasteiger partial charge in [-0.15, -0.1) is 0 Å². The molecule has 0 fully saturated rings. The largest absolute Gasteiger partial charge is 0.346 e. The molecule has 21 heavy (non-hydrogen) atoms. The van der Waals surface area contributed by atoms with Crippen molar-refractivity contribution in [2.75, 3.05) is 0 Å².